The first-order valence-corrected chi connectivity index (χ1v) is 6.06. The van der Waals surface area contributed by atoms with E-state index >= 15 is 0 Å². The zero-order valence-corrected chi connectivity index (χ0v) is 11.0. The highest BCUT2D eigenvalue weighted by Gasteiger charge is 2.16. The van der Waals surface area contributed by atoms with E-state index in [4.69, 9.17) is 0 Å². The fraction of sp³-hybridized carbons (Fsp3) is 0.188. The van der Waals surface area contributed by atoms with Gasteiger partial charge in [0.05, 0.1) is 7.11 Å². The van der Waals surface area contributed by atoms with Gasteiger partial charge < -0.3 is 9.84 Å². The van der Waals surface area contributed by atoms with Crippen molar-refractivity contribution in [3.8, 4) is 5.75 Å². The molecule has 0 aliphatic carbocycles. The molecule has 3 nitrogen and oxygen atoms in total. The van der Waals surface area contributed by atoms with Crippen LogP contribution < -0.4 is 0 Å². The predicted molar refractivity (Wildman–Crippen MR) is 73.4 cm³/mol. The molecule has 3 heteroatoms. The molecule has 2 aromatic carbocycles. The Morgan fingerprint density at radius 1 is 1.21 bits per heavy atom. The van der Waals surface area contributed by atoms with Crippen molar-refractivity contribution in [2.45, 2.75) is 13.3 Å². The van der Waals surface area contributed by atoms with Gasteiger partial charge in [-0.1, -0.05) is 36.4 Å². The van der Waals surface area contributed by atoms with Crippen LogP contribution in [-0.4, -0.2) is 18.2 Å². The first-order valence-electron chi connectivity index (χ1n) is 6.06. The van der Waals surface area contributed by atoms with E-state index in [1.807, 2.05) is 43.3 Å². The Bertz CT molecular complexity index is 588. The minimum Gasteiger partial charge on any atom is -0.507 e. The maximum Gasteiger partial charge on any atom is 0.341 e. The zero-order valence-electron chi connectivity index (χ0n) is 11.0. The molecule has 0 spiro atoms. The fourth-order valence-electron chi connectivity index (χ4n) is 2.07. The van der Waals surface area contributed by atoms with Crippen LogP contribution in [0.15, 0.2) is 42.5 Å². The van der Waals surface area contributed by atoms with E-state index in [9.17, 15) is 9.90 Å². The molecule has 0 aliphatic heterocycles. The number of hydrogen-bond donors (Lipinski definition) is 1. The SMILES string of the molecule is COC(=O)c1cc(C)cc(Cc2ccccc2)c1O. The number of benzene rings is 2. The highest BCUT2D eigenvalue weighted by Crippen LogP contribution is 2.27. The lowest BCUT2D eigenvalue weighted by Gasteiger charge is -2.10. The van der Waals surface area contributed by atoms with Crippen LogP contribution in [-0.2, 0) is 11.2 Å². The van der Waals surface area contributed by atoms with Gasteiger partial charge in [-0.15, -0.1) is 0 Å². The van der Waals surface area contributed by atoms with Crippen LogP contribution >= 0.6 is 0 Å². The summed E-state index contributed by atoms with van der Waals surface area (Å²) in [7, 11) is 1.31. The summed E-state index contributed by atoms with van der Waals surface area (Å²) in [6.07, 6.45) is 0.582. The number of hydrogen-bond acceptors (Lipinski definition) is 3. The van der Waals surface area contributed by atoms with Gasteiger partial charge in [0.2, 0.25) is 0 Å². The molecular formula is C16H16O3. The van der Waals surface area contributed by atoms with E-state index in [-0.39, 0.29) is 11.3 Å². The summed E-state index contributed by atoms with van der Waals surface area (Å²) in [5.41, 5.74) is 2.95. The van der Waals surface area contributed by atoms with Crippen molar-refractivity contribution < 1.29 is 14.6 Å². The highest BCUT2D eigenvalue weighted by atomic mass is 16.5. The smallest absolute Gasteiger partial charge is 0.341 e. The number of aryl methyl sites for hydroxylation is 1. The lowest BCUT2D eigenvalue weighted by atomic mass is 9.99. The van der Waals surface area contributed by atoms with Gasteiger partial charge in [0.15, 0.2) is 0 Å². The molecule has 0 amide bonds. The fourth-order valence-corrected chi connectivity index (χ4v) is 2.07. The topological polar surface area (TPSA) is 46.5 Å². The van der Waals surface area contributed by atoms with Gasteiger partial charge in [-0.25, -0.2) is 4.79 Å². The van der Waals surface area contributed by atoms with E-state index in [1.54, 1.807) is 6.07 Å². The first kappa shape index (κ1) is 13.1. The third-order valence-corrected chi connectivity index (χ3v) is 2.98. The molecular weight excluding hydrogens is 240 g/mol. The maximum absolute atomic E-state index is 11.6. The Morgan fingerprint density at radius 3 is 2.53 bits per heavy atom. The summed E-state index contributed by atoms with van der Waals surface area (Å²) >= 11 is 0. The largest absolute Gasteiger partial charge is 0.507 e. The zero-order chi connectivity index (χ0) is 13.8. The minimum atomic E-state index is -0.518. The molecule has 0 fully saturated rings. The van der Waals surface area contributed by atoms with Gasteiger partial charge in [-0.05, 0) is 29.7 Å². The molecule has 98 valence electrons. The number of aromatic hydroxyl groups is 1. The number of rotatable bonds is 3. The van der Waals surface area contributed by atoms with Crippen LogP contribution in [0.3, 0.4) is 0 Å². The van der Waals surface area contributed by atoms with Crippen LogP contribution in [0, 0.1) is 6.92 Å². The Balaban J connectivity index is 2.41. The van der Waals surface area contributed by atoms with E-state index in [2.05, 4.69) is 4.74 Å². The number of phenolic OH excluding ortho intramolecular Hbond substituents is 1. The number of carbonyl (C=O) groups excluding carboxylic acids is 1. The van der Waals surface area contributed by atoms with Crippen LogP contribution in [0.5, 0.6) is 5.75 Å². The summed E-state index contributed by atoms with van der Waals surface area (Å²) < 4.78 is 4.68. The van der Waals surface area contributed by atoms with Crippen molar-refractivity contribution in [2.75, 3.05) is 7.11 Å². The second kappa shape index (κ2) is 5.57. The van der Waals surface area contributed by atoms with Crippen LogP contribution in [0.4, 0.5) is 0 Å². The van der Waals surface area contributed by atoms with Gasteiger partial charge in [0.25, 0.3) is 0 Å². The summed E-state index contributed by atoms with van der Waals surface area (Å²) in [4.78, 5) is 11.6. The number of carbonyl (C=O) groups is 1. The van der Waals surface area contributed by atoms with Gasteiger partial charge in [-0.2, -0.15) is 0 Å². The Morgan fingerprint density at radius 2 is 1.89 bits per heavy atom. The molecule has 0 atom stereocenters. The normalized spacial score (nSPS) is 10.2. The minimum absolute atomic E-state index is 0.00121. The molecule has 0 heterocycles. The highest BCUT2D eigenvalue weighted by molar-refractivity contribution is 5.93. The number of ether oxygens (including phenoxy) is 1. The molecule has 0 aliphatic rings. The average molecular weight is 256 g/mol. The quantitative estimate of drug-likeness (QED) is 0.858. The van der Waals surface area contributed by atoms with Gasteiger partial charge in [0.1, 0.15) is 11.3 Å². The van der Waals surface area contributed by atoms with Crippen molar-refractivity contribution in [1.82, 2.24) is 0 Å². The van der Waals surface area contributed by atoms with Crippen molar-refractivity contribution >= 4 is 5.97 Å². The summed E-state index contributed by atoms with van der Waals surface area (Å²) in [5, 5.41) is 10.2. The van der Waals surface area contributed by atoms with Gasteiger partial charge >= 0.3 is 5.97 Å². The molecule has 2 aromatic rings. The molecule has 0 saturated carbocycles. The standard InChI is InChI=1S/C16H16O3/c1-11-8-13(10-12-6-4-3-5-7-12)15(17)14(9-11)16(18)19-2/h3-9,17H,10H2,1-2H3. The summed E-state index contributed by atoms with van der Waals surface area (Å²) in [6.45, 7) is 1.89. The van der Waals surface area contributed by atoms with E-state index in [1.165, 1.54) is 7.11 Å². The second-order valence-electron chi connectivity index (χ2n) is 4.47. The second-order valence-corrected chi connectivity index (χ2v) is 4.47. The molecule has 0 saturated heterocycles. The molecule has 1 N–H and O–H groups in total. The van der Waals surface area contributed by atoms with Crippen LogP contribution in [0.25, 0.3) is 0 Å². The molecule has 0 unspecified atom stereocenters. The maximum atomic E-state index is 11.6. The van der Waals surface area contributed by atoms with Crippen LogP contribution in [0.1, 0.15) is 27.0 Å². The lowest BCUT2D eigenvalue weighted by molar-refractivity contribution is 0.0597. The van der Waals surface area contributed by atoms with Crippen LogP contribution in [0.2, 0.25) is 0 Å². The number of esters is 1. The van der Waals surface area contributed by atoms with Crippen molar-refractivity contribution in [3.63, 3.8) is 0 Å². The Hall–Kier alpha value is -2.29. The van der Waals surface area contributed by atoms with E-state index < -0.39 is 5.97 Å². The molecule has 0 bridgehead atoms. The lowest BCUT2D eigenvalue weighted by Crippen LogP contribution is -2.04. The van der Waals surface area contributed by atoms with E-state index in [0.717, 1.165) is 16.7 Å². The monoisotopic (exact) mass is 256 g/mol. The number of phenols is 1. The van der Waals surface area contributed by atoms with Crippen molar-refractivity contribution in [3.05, 3.63) is 64.7 Å². The average Bonchev–Trinajstić information content (AvgIpc) is 2.42. The Labute approximate surface area is 112 Å². The van der Waals surface area contributed by atoms with Gasteiger partial charge in [0, 0.05) is 6.42 Å². The Kier molecular flexibility index (Phi) is 3.85. The van der Waals surface area contributed by atoms with Gasteiger partial charge in [-0.3, -0.25) is 0 Å². The van der Waals surface area contributed by atoms with Crippen molar-refractivity contribution in [1.29, 1.82) is 0 Å². The molecule has 0 radical (unpaired) electrons. The van der Waals surface area contributed by atoms with Crippen molar-refractivity contribution in [2.24, 2.45) is 0 Å². The summed E-state index contributed by atoms with van der Waals surface area (Å²) in [5.74, 6) is -0.517. The predicted octanol–water partition coefficient (Wildman–Crippen LogP) is 3.08. The first-order chi connectivity index (χ1) is 9.11. The third kappa shape index (κ3) is 2.94. The number of methoxy groups -OCH3 is 1. The molecule has 0 aromatic heterocycles. The summed E-state index contributed by atoms with van der Waals surface area (Å²) in [6, 6.07) is 13.3. The molecule has 19 heavy (non-hydrogen) atoms. The molecule has 2 rings (SSSR count). The van der Waals surface area contributed by atoms with E-state index in [0.29, 0.717) is 6.42 Å². The third-order valence-electron chi connectivity index (χ3n) is 2.98.